The van der Waals surface area contributed by atoms with Crippen LogP contribution in [0.25, 0.3) is 27.7 Å². The van der Waals surface area contributed by atoms with Gasteiger partial charge in [0.15, 0.2) is 11.6 Å². The van der Waals surface area contributed by atoms with Crippen molar-refractivity contribution in [1.29, 1.82) is 0 Å². The summed E-state index contributed by atoms with van der Waals surface area (Å²) >= 11 is 0. The largest absolute Gasteiger partial charge is 0.369 e. The normalized spacial score (nSPS) is 14.1. The molecule has 3 heterocycles. The van der Waals surface area contributed by atoms with E-state index in [2.05, 4.69) is 16.0 Å². The van der Waals surface area contributed by atoms with Gasteiger partial charge in [-0.2, -0.15) is 0 Å². The highest BCUT2D eigenvalue weighted by Gasteiger charge is 2.20. The van der Waals surface area contributed by atoms with Gasteiger partial charge < -0.3 is 5.73 Å². The molecule has 0 radical (unpaired) electrons. The summed E-state index contributed by atoms with van der Waals surface area (Å²) < 4.78 is 42.8. The molecule has 0 amide bonds. The lowest BCUT2D eigenvalue weighted by Gasteiger charge is -2.28. The first-order valence-corrected chi connectivity index (χ1v) is 11.0. The van der Waals surface area contributed by atoms with Crippen molar-refractivity contribution in [2.45, 2.75) is 19.5 Å². The summed E-state index contributed by atoms with van der Waals surface area (Å²) in [6.45, 7) is 2.18. The number of aromatic nitrogens is 3. The Balaban J connectivity index is 1.26. The molecule has 170 valence electrons. The number of imidazole rings is 1. The molecule has 8 heteroatoms. The fourth-order valence-electron chi connectivity index (χ4n) is 4.68. The molecule has 3 aromatic carbocycles. The summed E-state index contributed by atoms with van der Waals surface area (Å²) in [5, 5.41) is 0.620. The van der Waals surface area contributed by atoms with Crippen LogP contribution < -0.4 is 5.73 Å². The molecule has 0 fully saturated rings. The lowest BCUT2D eigenvalue weighted by atomic mass is 9.94. The first-order valence-electron chi connectivity index (χ1n) is 11.0. The summed E-state index contributed by atoms with van der Waals surface area (Å²) in [6, 6.07) is 14.8. The third-order valence-corrected chi connectivity index (χ3v) is 6.39. The van der Waals surface area contributed by atoms with Crippen LogP contribution in [0, 0.1) is 17.5 Å². The Hall–Kier alpha value is -3.91. The summed E-state index contributed by atoms with van der Waals surface area (Å²) in [5.41, 5.74) is 11.6. The molecule has 0 atom stereocenters. The molecule has 1 aliphatic heterocycles. The number of fused-ring (bicyclic) bond motifs is 4. The number of nitrogens with two attached hydrogens (primary N) is 1. The van der Waals surface area contributed by atoms with Crippen LogP contribution >= 0.6 is 0 Å². The Labute approximate surface area is 193 Å². The van der Waals surface area contributed by atoms with Crippen molar-refractivity contribution in [1.82, 2.24) is 19.3 Å². The molecule has 5 aromatic rings. The molecule has 1 aliphatic rings. The third-order valence-electron chi connectivity index (χ3n) is 6.39. The van der Waals surface area contributed by atoms with Crippen LogP contribution in [0.4, 0.5) is 19.1 Å². The Morgan fingerprint density at radius 2 is 1.68 bits per heavy atom. The average molecular weight is 459 g/mol. The van der Waals surface area contributed by atoms with Crippen molar-refractivity contribution < 1.29 is 13.2 Å². The minimum absolute atomic E-state index is 0.195. The number of hydrogen-bond acceptors (Lipinski definition) is 4. The molecule has 0 spiro atoms. The van der Waals surface area contributed by atoms with E-state index in [1.54, 1.807) is 22.6 Å². The Bertz CT molecular complexity index is 1580. The van der Waals surface area contributed by atoms with E-state index in [9.17, 15) is 13.2 Å². The number of hydrogen-bond donors (Lipinski definition) is 1. The van der Waals surface area contributed by atoms with Crippen LogP contribution in [0.2, 0.25) is 0 Å². The predicted molar refractivity (Wildman–Crippen MR) is 124 cm³/mol. The van der Waals surface area contributed by atoms with Gasteiger partial charge in [0.05, 0.1) is 5.69 Å². The number of para-hydroxylation sites is 1. The van der Waals surface area contributed by atoms with Gasteiger partial charge in [-0.3, -0.25) is 9.30 Å². The standard InChI is InChI=1S/C26H20F3N5/c27-21-7-6-16(11-23(21)29)15-4-5-18-12-33(9-8-17(18)10-15)13-19-14-34-25(31-19)20-2-1-3-22(28)24(20)32-26(34)30/h1-7,10-11,14H,8-9,12-13H2,(H2,30,32). The quantitative estimate of drug-likeness (QED) is 0.408. The van der Waals surface area contributed by atoms with Gasteiger partial charge in [-0.05, 0) is 52.9 Å². The highest BCUT2D eigenvalue weighted by molar-refractivity contribution is 5.92. The monoisotopic (exact) mass is 459 g/mol. The van der Waals surface area contributed by atoms with Crippen molar-refractivity contribution in [3.05, 3.63) is 95.1 Å². The van der Waals surface area contributed by atoms with Crippen LogP contribution in [0.15, 0.2) is 60.8 Å². The molecule has 0 unspecified atom stereocenters. The summed E-state index contributed by atoms with van der Waals surface area (Å²) in [4.78, 5) is 11.2. The Morgan fingerprint density at radius 1 is 0.853 bits per heavy atom. The zero-order valence-corrected chi connectivity index (χ0v) is 18.1. The molecule has 0 saturated carbocycles. The molecule has 5 nitrogen and oxygen atoms in total. The second kappa shape index (κ2) is 7.85. The van der Waals surface area contributed by atoms with E-state index in [0.717, 1.165) is 36.8 Å². The number of benzene rings is 3. The fourth-order valence-corrected chi connectivity index (χ4v) is 4.68. The summed E-state index contributed by atoms with van der Waals surface area (Å²) in [6.07, 6.45) is 2.68. The summed E-state index contributed by atoms with van der Waals surface area (Å²) in [7, 11) is 0. The molecule has 34 heavy (non-hydrogen) atoms. The maximum Gasteiger partial charge on any atom is 0.206 e. The molecule has 2 N–H and O–H groups in total. The maximum atomic E-state index is 14.2. The van der Waals surface area contributed by atoms with Gasteiger partial charge in [0.2, 0.25) is 5.95 Å². The first kappa shape index (κ1) is 20.7. The minimum atomic E-state index is -0.847. The van der Waals surface area contributed by atoms with E-state index in [1.807, 2.05) is 18.3 Å². The average Bonchev–Trinajstić information content (AvgIpc) is 3.26. The van der Waals surface area contributed by atoms with Gasteiger partial charge in [0, 0.05) is 31.2 Å². The van der Waals surface area contributed by atoms with Crippen LogP contribution in [-0.2, 0) is 19.5 Å². The molecular formula is C26H20F3N5. The molecule has 6 rings (SSSR count). The first-order chi connectivity index (χ1) is 16.5. The Morgan fingerprint density at radius 3 is 2.53 bits per heavy atom. The van der Waals surface area contributed by atoms with Crippen LogP contribution in [0.3, 0.4) is 0 Å². The van der Waals surface area contributed by atoms with Crippen molar-refractivity contribution in [3.8, 4) is 11.1 Å². The van der Waals surface area contributed by atoms with E-state index in [-0.39, 0.29) is 11.5 Å². The van der Waals surface area contributed by atoms with E-state index in [1.165, 1.54) is 23.3 Å². The van der Waals surface area contributed by atoms with Crippen LogP contribution in [-0.4, -0.2) is 25.8 Å². The van der Waals surface area contributed by atoms with Gasteiger partial charge in [-0.15, -0.1) is 0 Å². The highest BCUT2D eigenvalue weighted by atomic mass is 19.2. The van der Waals surface area contributed by atoms with Gasteiger partial charge in [0.1, 0.15) is 17.0 Å². The zero-order valence-electron chi connectivity index (χ0n) is 18.1. The van der Waals surface area contributed by atoms with E-state index >= 15 is 0 Å². The minimum Gasteiger partial charge on any atom is -0.369 e. The van der Waals surface area contributed by atoms with Gasteiger partial charge in [-0.25, -0.2) is 23.1 Å². The molecule has 0 aliphatic carbocycles. The number of nitrogens with zero attached hydrogens (tertiary/aromatic N) is 4. The van der Waals surface area contributed by atoms with Gasteiger partial charge >= 0.3 is 0 Å². The second-order valence-electron chi connectivity index (χ2n) is 8.60. The molecule has 0 saturated heterocycles. The van der Waals surface area contributed by atoms with E-state index < -0.39 is 17.5 Å². The Kier molecular flexibility index (Phi) is 4.77. The number of anilines is 1. The van der Waals surface area contributed by atoms with Crippen molar-refractivity contribution in [2.24, 2.45) is 0 Å². The van der Waals surface area contributed by atoms with Crippen molar-refractivity contribution in [2.75, 3.05) is 12.3 Å². The fraction of sp³-hybridized carbons (Fsp3) is 0.154. The summed E-state index contributed by atoms with van der Waals surface area (Å²) in [5.74, 6) is -1.92. The molecule has 2 aromatic heterocycles. The zero-order chi connectivity index (χ0) is 23.4. The lowest BCUT2D eigenvalue weighted by molar-refractivity contribution is 0.243. The second-order valence-corrected chi connectivity index (χ2v) is 8.60. The van der Waals surface area contributed by atoms with Crippen LogP contribution in [0.1, 0.15) is 16.8 Å². The van der Waals surface area contributed by atoms with Gasteiger partial charge in [0.25, 0.3) is 0 Å². The highest BCUT2D eigenvalue weighted by Crippen LogP contribution is 2.29. The lowest BCUT2D eigenvalue weighted by Crippen LogP contribution is -2.30. The molecular weight excluding hydrogens is 439 g/mol. The molecule has 0 bridgehead atoms. The van der Waals surface area contributed by atoms with Crippen LogP contribution in [0.5, 0.6) is 0 Å². The topological polar surface area (TPSA) is 59.5 Å². The predicted octanol–water partition coefficient (Wildman–Crippen LogP) is 5.11. The van der Waals surface area contributed by atoms with Crippen molar-refractivity contribution >= 4 is 22.5 Å². The number of nitrogen functional groups attached to an aromatic ring is 1. The van der Waals surface area contributed by atoms with E-state index in [0.29, 0.717) is 23.1 Å². The van der Waals surface area contributed by atoms with E-state index in [4.69, 9.17) is 10.7 Å². The van der Waals surface area contributed by atoms with Gasteiger partial charge in [-0.1, -0.05) is 30.3 Å². The third kappa shape index (κ3) is 3.47. The van der Waals surface area contributed by atoms with Crippen molar-refractivity contribution in [3.63, 3.8) is 0 Å². The maximum absolute atomic E-state index is 14.2. The SMILES string of the molecule is Nc1nc2c(F)cccc2c2nc(CN3CCc4cc(-c5ccc(F)c(F)c5)ccc4C3)cn12. The smallest absolute Gasteiger partial charge is 0.206 e. The number of rotatable bonds is 3. The number of halogens is 3.